The van der Waals surface area contributed by atoms with Gasteiger partial charge in [-0.25, -0.2) is 8.42 Å². The molecule has 32 heavy (non-hydrogen) atoms. The topological polar surface area (TPSA) is 100 Å². The number of carbonyl (C=O) groups excluding carboxylic acids is 1. The molecule has 0 bridgehead atoms. The number of anilines is 1. The third-order valence-corrected chi connectivity index (χ3v) is 8.51. The highest BCUT2D eigenvalue weighted by atomic mass is 32.2. The number of carbonyl (C=O) groups is 1. The van der Waals surface area contributed by atoms with E-state index in [0.717, 1.165) is 34.9 Å². The van der Waals surface area contributed by atoms with Crippen LogP contribution in [-0.4, -0.2) is 64.4 Å². The van der Waals surface area contributed by atoms with Gasteiger partial charge in [0.05, 0.1) is 11.4 Å². The van der Waals surface area contributed by atoms with Crippen molar-refractivity contribution in [3.63, 3.8) is 0 Å². The Balaban J connectivity index is 1.18. The Morgan fingerprint density at radius 1 is 1.06 bits per heavy atom. The fourth-order valence-corrected chi connectivity index (χ4v) is 6.82. The Hall–Kier alpha value is -2.92. The maximum absolute atomic E-state index is 13.2. The van der Waals surface area contributed by atoms with Crippen molar-refractivity contribution in [2.24, 2.45) is 4.40 Å². The maximum Gasteiger partial charge on any atom is 0.257 e. The van der Waals surface area contributed by atoms with Crippen LogP contribution < -0.4 is 4.90 Å². The summed E-state index contributed by atoms with van der Waals surface area (Å²) in [5, 5.41) is 9.10. The molecule has 0 radical (unpaired) electrons. The molecule has 6 rings (SSSR count). The first kappa shape index (κ1) is 19.7. The average molecular weight is 469 g/mol. The number of nitrogens with zero attached hydrogens (tertiary/aromatic N) is 6. The Morgan fingerprint density at radius 3 is 2.75 bits per heavy atom. The standard InChI is InChI=1S/C21H20N6O3S2/c28-20(15-4-5-16-17(13-15)31-21-24-32(29,30)12-11-26(16)21)25-9-6-14(7-10-25)19-23-22-18-3-1-2-8-27(18)19/h1-5,8,13-14H,6-7,9-12H2. The number of hydrogen-bond donors (Lipinski definition) is 0. The van der Waals surface area contributed by atoms with Crippen LogP contribution >= 0.6 is 11.8 Å². The second kappa shape index (κ2) is 7.31. The van der Waals surface area contributed by atoms with Crippen LogP contribution in [0.2, 0.25) is 0 Å². The molecule has 0 saturated carbocycles. The van der Waals surface area contributed by atoms with Gasteiger partial charge in [0.1, 0.15) is 5.82 Å². The minimum absolute atomic E-state index is 0.00242. The van der Waals surface area contributed by atoms with Gasteiger partial charge in [0, 0.05) is 42.2 Å². The fourth-order valence-electron chi connectivity index (χ4n) is 4.53. The molecule has 1 saturated heterocycles. The Labute approximate surface area is 189 Å². The van der Waals surface area contributed by atoms with Crippen molar-refractivity contribution in [2.45, 2.75) is 23.7 Å². The zero-order valence-electron chi connectivity index (χ0n) is 17.1. The van der Waals surface area contributed by atoms with E-state index < -0.39 is 10.0 Å². The molecule has 11 heteroatoms. The number of hydrogen-bond acceptors (Lipinski definition) is 7. The maximum atomic E-state index is 13.2. The van der Waals surface area contributed by atoms with E-state index in [2.05, 4.69) is 14.6 Å². The van der Waals surface area contributed by atoms with Crippen molar-refractivity contribution in [1.82, 2.24) is 19.5 Å². The summed E-state index contributed by atoms with van der Waals surface area (Å²) in [6.45, 7) is 1.71. The smallest absolute Gasteiger partial charge is 0.257 e. The van der Waals surface area contributed by atoms with Crippen LogP contribution in [0.5, 0.6) is 0 Å². The third-order valence-electron chi connectivity index (χ3n) is 6.21. The number of sulfonamides is 1. The summed E-state index contributed by atoms with van der Waals surface area (Å²) in [6.07, 6.45) is 3.65. The number of amidine groups is 1. The SMILES string of the molecule is O=C(c1ccc2c(c1)SC1=NS(=O)(=O)CCN12)N1CCC(c2nnc3ccccn23)CC1. The number of benzene rings is 1. The highest BCUT2D eigenvalue weighted by molar-refractivity contribution is 8.15. The van der Waals surface area contributed by atoms with E-state index in [1.165, 1.54) is 11.8 Å². The molecule has 164 valence electrons. The lowest BCUT2D eigenvalue weighted by Crippen LogP contribution is -2.38. The van der Waals surface area contributed by atoms with E-state index in [9.17, 15) is 13.2 Å². The van der Waals surface area contributed by atoms with Crippen molar-refractivity contribution >= 4 is 44.2 Å². The lowest BCUT2D eigenvalue weighted by molar-refractivity contribution is 0.0710. The van der Waals surface area contributed by atoms with E-state index in [4.69, 9.17) is 0 Å². The number of rotatable bonds is 2. The number of amides is 1. The monoisotopic (exact) mass is 468 g/mol. The average Bonchev–Trinajstić information content (AvgIpc) is 3.38. The summed E-state index contributed by atoms with van der Waals surface area (Å²) >= 11 is 1.31. The number of piperidine rings is 1. The summed E-state index contributed by atoms with van der Waals surface area (Å²) in [5.41, 5.74) is 2.37. The molecule has 0 N–H and O–H groups in total. The van der Waals surface area contributed by atoms with Gasteiger partial charge in [-0.15, -0.1) is 14.6 Å². The molecular weight excluding hydrogens is 448 g/mol. The number of thioether (sulfide) groups is 1. The van der Waals surface area contributed by atoms with E-state index in [1.807, 2.05) is 56.8 Å². The molecule has 0 aliphatic carbocycles. The minimum atomic E-state index is -3.40. The number of likely N-dealkylation sites (tertiary alicyclic amines) is 1. The van der Waals surface area contributed by atoms with Crippen LogP contribution in [0.1, 0.15) is 34.9 Å². The van der Waals surface area contributed by atoms with Gasteiger partial charge in [-0.1, -0.05) is 6.07 Å². The van der Waals surface area contributed by atoms with Crippen LogP contribution in [0.15, 0.2) is 51.9 Å². The lowest BCUT2D eigenvalue weighted by Gasteiger charge is -2.31. The Bertz CT molecular complexity index is 1380. The molecule has 5 heterocycles. The van der Waals surface area contributed by atoms with Crippen molar-refractivity contribution in [3.8, 4) is 0 Å². The van der Waals surface area contributed by atoms with Gasteiger partial charge in [-0.3, -0.25) is 9.20 Å². The van der Waals surface area contributed by atoms with Gasteiger partial charge < -0.3 is 9.80 Å². The molecule has 1 fully saturated rings. The molecule has 3 aliphatic rings. The Kier molecular flexibility index (Phi) is 4.51. The molecule has 9 nitrogen and oxygen atoms in total. The van der Waals surface area contributed by atoms with Gasteiger partial charge in [0.25, 0.3) is 15.9 Å². The van der Waals surface area contributed by atoms with Gasteiger partial charge in [-0.2, -0.15) is 0 Å². The van der Waals surface area contributed by atoms with Crippen molar-refractivity contribution in [3.05, 3.63) is 54.0 Å². The summed E-state index contributed by atoms with van der Waals surface area (Å²) in [5.74, 6) is 1.22. The first-order valence-electron chi connectivity index (χ1n) is 10.5. The number of aromatic nitrogens is 3. The highest BCUT2D eigenvalue weighted by Crippen LogP contribution is 2.42. The fraction of sp³-hybridized carbons (Fsp3) is 0.333. The van der Waals surface area contributed by atoms with Crippen LogP contribution in [0.4, 0.5) is 5.69 Å². The largest absolute Gasteiger partial charge is 0.339 e. The third kappa shape index (κ3) is 3.27. The molecular formula is C21H20N6O3S2. The molecule has 3 aromatic rings. The summed E-state index contributed by atoms with van der Waals surface area (Å²) < 4.78 is 29.5. The van der Waals surface area contributed by atoms with Crippen LogP contribution in [0, 0.1) is 0 Å². The first-order chi connectivity index (χ1) is 15.5. The molecule has 0 spiro atoms. The van der Waals surface area contributed by atoms with Crippen molar-refractivity contribution in [1.29, 1.82) is 0 Å². The second-order valence-electron chi connectivity index (χ2n) is 8.15. The van der Waals surface area contributed by atoms with Crippen LogP contribution in [0.3, 0.4) is 0 Å². The molecule has 1 amide bonds. The van der Waals surface area contributed by atoms with Gasteiger partial charge in [0.2, 0.25) is 0 Å². The quantitative estimate of drug-likeness (QED) is 0.569. The normalized spacial score (nSPS) is 20.2. The number of fused-ring (bicyclic) bond motifs is 4. The minimum Gasteiger partial charge on any atom is -0.339 e. The highest BCUT2D eigenvalue weighted by Gasteiger charge is 2.34. The molecule has 0 unspecified atom stereocenters. The number of pyridine rings is 1. The Morgan fingerprint density at radius 2 is 1.91 bits per heavy atom. The van der Waals surface area contributed by atoms with E-state index in [-0.39, 0.29) is 17.6 Å². The molecule has 0 atom stereocenters. The van der Waals surface area contributed by atoms with Crippen LogP contribution in [0.25, 0.3) is 5.65 Å². The van der Waals surface area contributed by atoms with E-state index >= 15 is 0 Å². The van der Waals surface area contributed by atoms with Gasteiger partial charge in [0.15, 0.2) is 10.8 Å². The second-order valence-corrected chi connectivity index (χ2v) is 10.9. The summed E-state index contributed by atoms with van der Waals surface area (Å²) in [7, 11) is -3.40. The predicted octanol–water partition coefficient (Wildman–Crippen LogP) is 2.36. The van der Waals surface area contributed by atoms with Crippen molar-refractivity contribution < 1.29 is 13.2 Å². The molecule has 3 aliphatic heterocycles. The van der Waals surface area contributed by atoms with Crippen molar-refractivity contribution in [2.75, 3.05) is 30.3 Å². The predicted molar refractivity (Wildman–Crippen MR) is 122 cm³/mol. The van der Waals surface area contributed by atoms with Gasteiger partial charge >= 0.3 is 0 Å². The van der Waals surface area contributed by atoms with E-state index in [1.54, 1.807) is 0 Å². The van der Waals surface area contributed by atoms with Gasteiger partial charge in [-0.05, 0) is 54.9 Å². The zero-order chi connectivity index (χ0) is 21.9. The summed E-state index contributed by atoms with van der Waals surface area (Å²) in [6, 6.07) is 11.4. The summed E-state index contributed by atoms with van der Waals surface area (Å²) in [4.78, 5) is 17.8. The molecule has 2 aromatic heterocycles. The van der Waals surface area contributed by atoms with E-state index in [0.29, 0.717) is 30.4 Å². The molecule has 1 aromatic carbocycles. The zero-order valence-corrected chi connectivity index (χ0v) is 18.7. The lowest BCUT2D eigenvalue weighted by atomic mass is 9.95. The first-order valence-corrected chi connectivity index (χ1v) is 12.9. The van der Waals surface area contributed by atoms with Crippen LogP contribution in [-0.2, 0) is 10.0 Å².